The van der Waals surface area contributed by atoms with Gasteiger partial charge in [-0.15, -0.1) is 0 Å². The van der Waals surface area contributed by atoms with Crippen LogP contribution < -0.4 is 20.1 Å². The maximum atomic E-state index is 12.1. The van der Waals surface area contributed by atoms with Gasteiger partial charge in [0, 0.05) is 12.7 Å². The van der Waals surface area contributed by atoms with Gasteiger partial charge >= 0.3 is 6.03 Å². The van der Waals surface area contributed by atoms with Crippen LogP contribution in [0, 0.1) is 0 Å². The zero-order chi connectivity index (χ0) is 16.8. The van der Waals surface area contributed by atoms with Crippen LogP contribution in [0.15, 0.2) is 30.6 Å². The van der Waals surface area contributed by atoms with E-state index in [4.69, 9.17) is 9.47 Å². The molecule has 1 aromatic heterocycles. The molecule has 1 aromatic carbocycles. The van der Waals surface area contributed by atoms with Gasteiger partial charge in [0.2, 0.25) is 0 Å². The lowest BCUT2D eigenvalue weighted by Crippen LogP contribution is -2.31. The third-order valence-electron chi connectivity index (χ3n) is 3.47. The first-order valence-electron chi connectivity index (χ1n) is 7.39. The van der Waals surface area contributed by atoms with Gasteiger partial charge in [0.05, 0.1) is 32.1 Å². The molecule has 7 nitrogen and oxygen atoms in total. The second-order valence-electron chi connectivity index (χ2n) is 5.02. The van der Waals surface area contributed by atoms with Gasteiger partial charge in [-0.05, 0) is 31.5 Å². The van der Waals surface area contributed by atoms with Crippen LogP contribution in [-0.4, -0.2) is 30.0 Å². The first kappa shape index (κ1) is 16.7. The van der Waals surface area contributed by atoms with Crippen LogP contribution >= 0.6 is 0 Å². The molecule has 0 saturated heterocycles. The van der Waals surface area contributed by atoms with Gasteiger partial charge in [-0.25, -0.2) is 4.79 Å². The van der Waals surface area contributed by atoms with E-state index in [2.05, 4.69) is 15.7 Å². The number of rotatable bonds is 6. The summed E-state index contributed by atoms with van der Waals surface area (Å²) in [4.78, 5) is 12.1. The third-order valence-corrected chi connectivity index (χ3v) is 3.47. The standard InChI is InChI=1S/C16H22N4O3/c1-5-20-10-13(9-17-20)19-16(21)18-11(2)12-6-7-14(22-3)15(8-12)23-4/h6-11H,5H2,1-4H3,(H2,18,19,21)/t11-/m1/s1. The number of urea groups is 1. The molecule has 7 heteroatoms. The number of carbonyl (C=O) groups excluding carboxylic acids is 1. The van der Waals surface area contributed by atoms with Crippen LogP contribution in [0.5, 0.6) is 11.5 Å². The van der Waals surface area contributed by atoms with Crippen molar-refractivity contribution in [3.05, 3.63) is 36.2 Å². The second kappa shape index (κ2) is 7.53. The number of amides is 2. The van der Waals surface area contributed by atoms with Crippen molar-refractivity contribution in [2.45, 2.75) is 26.4 Å². The minimum absolute atomic E-state index is 0.184. The van der Waals surface area contributed by atoms with Crippen molar-refractivity contribution in [3.8, 4) is 11.5 Å². The Hall–Kier alpha value is -2.70. The molecule has 0 unspecified atom stereocenters. The summed E-state index contributed by atoms with van der Waals surface area (Å²) in [6.07, 6.45) is 3.39. The maximum Gasteiger partial charge on any atom is 0.319 e. The summed E-state index contributed by atoms with van der Waals surface area (Å²) in [7, 11) is 3.17. The van der Waals surface area contributed by atoms with Crippen LogP contribution in [0.2, 0.25) is 0 Å². The number of methoxy groups -OCH3 is 2. The van der Waals surface area contributed by atoms with E-state index in [1.165, 1.54) is 0 Å². The van der Waals surface area contributed by atoms with E-state index in [0.29, 0.717) is 17.2 Å². The molecule has 0 bridgehead atoms. The summed E-state index contributed by atoms with van der Waals surface area (Å²) in [6, 6.07) is 5.08. The number of benzene rings is 1. The molecule has 0 aliphatic heterocycles. The van der Waals surface area contributed by atoms with Crippen molar-refractivity contribution in [2.75, 3.05) is 19.5 Å². The molecule has 2 N–H and O–H groups in total. The van der Waals surface area contributed by atoms with E-state index in [9.17, 15) is 4.79 Å². The number of anilines is 1. The maximum absolute atomic E-state index is 12.1. The van der Waals surface area contributed by atoms with Crippen LogP contribution in [0.3, 0.4) is 0 Å². The molecular weight excluding hydrogens is 296 g/mol. The predicted octanol–water partition coefficient (Wildman–Crippen LogP) is 2.80. The Kier molecular flexibility index (Phi) is 5.46. The van der Waals surface area contributed by atoms with Gasteiger partial charge in [0.15, 0.2) is 11.5 Å². The fourth-order valence-corrected chi connectivity index (χ4v) is 2.17. The Balaban J connectivity index is 2.00. The van der Waals surface area contributed by atoms with Crippen molar-refractivity contribution >= 4 is 11.7 Å². The number of carbonyl (C=O) groups is 1. The number of nitrogens with zero attached hydrogens (tertiary/aromatic N) is 2. The number of aryl methyl sites for hydroxylation is 1. The SMILES string of the molecule is CCn1cc(NC(=O)N[C@H](C)c2ccc(OC)c(OC)c2)cn1. The Morgan fingerprint density at radius 3 is 2.65 bits per heavy atom. The molecule has 2 amide bonds. The van der Waals surface area contributed by atoms with E-state index in [-0.39, 0.29) is 12.1 Å². The first-order valence-corrected chi connectivity index (χ1v) is 7.39. The number of aromatic nitrogens is 2. The van der Waals surface area contributed by atoms with Gasteiger partial charge < -0.3 is 20.1 Å². The van der Waals surface area contributed by atoms with E-state index in [0.717, 1.165) is 12.1 Å². The summed E-state index contributed by atoms with van der Waals surface area (Å²) in [5.74, 6) is 1.28. The number of hydrogen-bond donors (Lipinski definition) is 2. The highest BCUT2D eigenvalue weighted by Crippen LogP contribution is 2.29. The van der Waals surface area contributed by atoms with E-state index in [1.807, 2.05) is 32.0 Å². The fourth-order valence-electron chi connectivity index (χ4n) is 2.17. The van der Waals surface area contributed by atoms with Gasteiger partial charge in [-0.3, -0.25) is 4.68 Å². The Morgan fingerprint density at radius 2 is 2.04 bits per heavy atom. The van der Waals surface area contributed by atoms with Crippen molar-refractivity contribution in [2.24, 2.45) is 0 Å². The Morgan fingerprint density at radius 1 is 1.30 bits per heavy atom. The summed E-state index contributed by atoms with van der Waals surface area (Å²) in [5.41, 5.74) is 1.57. The minimum atomic E-state index is -0.289. The van der Waals surface area contributed by atoms with Crippen molar-refractivity contribution < 1.29 is 14.3 Å². The highest BCUT2D eigenvalue weighted by atomic mass is 16.5. The van der Waals surface area contributed by atoms with Crippen LogP contribution in [0.1, 0.15) is 25.5 Å². The van der Waals surface area contributed by atoms with Gasteiger partial charge in [0.25, 0.3) is 0 Å². The Bertz CT molecular complexity index is 669. The molecule has 0 spiro atoms. The summed E-state index contributed by atoms with van der Waals surface area (Å²) in [6.45, 7) is 4.64. The first-order chi connectivity index (χ1) is 11.1. The van der Waals surface area contributed by atoms with Crippen LogP contribution in [-0.2, 0) is 6.54 Å². The number of nitrogens with one attached hydrogen (secondary N) is 2. The molecule has 124 valence electrons. The van der Waals surface area contributed by atoms with Gasteiger partial charge in [-0.1, -0.05) is 6.07 Å². The minimum Gasteiger partial charge on any atom is -0.493 e. The highest BCUT2D eigenvalue weighted by molar-refractivity contribution is 5.89. The quantitative estimate of drug-likeness (QED) is 0.858. The van der Waals surface area contributed by atoms with Crippen LogP contribution in [0.25, 0.3) is 0 Å². The van der Waals surface area contributed by atoms with E-state index < -0.39 is 0 Å². The highest BCUT2D eigenvalue weighted by Gasteiger charge is 2.13. The molecule has 1 heterocycles. The predicted molar refractivity (Wildman–Crippen MR) is 88.0 cm³/mol. The van der Waals surface area contributed by atoms with Crippen molar-refractivity contribution in [1.82, 2.24) is 15.1 Å². The average molecular weight is 318 g/mol. The fraction of sp³-hybridized carbons (Fsp3) is 0.375. The lowest BCUT2D eigenvalue weighted by atomic mass is 10.1. The normalized spacial score (nSPS) is 11.7. The molecule has 0 saturated carbocycles. The zero-order valence-corrected chi connectivity index (χ0v) is 13.8. The molecule has 0 aliphatic rings. The molecular formula is C16H22N4O3. The largest absolute Gasteiger partial charge is 0.493 e. The van der Waals surface area contributed by atoms with Crippen molar-refractivity contribution in [1.29, 1.82) is 0 Å². The molecule has 0 radical (unpaired) electrons. The average Bonchev–Trinajstić information content (AvgIpc) is 3.01. The van der Waals surface area contributed by atoms with Gasteiger partial charge in [-0.2, -0.15) is 5.10 Å². The summed E-state index contributed by atoms with van der Waals surface area (Å²) in [5, 5.41) is 9.75. The topological polar surface area (TPSA) is 77.4 Å². The monoisotopic (exact) mass is 318 g/mol. The molecule has 0 fully saturated rings. The van der Waals surface area contributed by atoms with Crippen LogP contribution in [0.4, 0.5) is 10.5 Å². The molecule has 1 atom stereocenters. The number of ether oxygens (including phenoxy) is 2. The summed E-state index contributed by atoms with van der Waals surface area (Å²) >= 11 is 0. The second-order valence-corrected chi connectivity index (χ2v) is 5.02. The smallest absolute Gasteiger partial charge is 0.319 e. The number of hydrogen-bond acceptors (Lipinski definition) is 4. The zero-order valence-electron chi connectivity index (χ0n) is 13.8. The molecule has 2 rings (SSSR count). The third kappa shape index (κ3) is 4.15. The van der Waals surface area contributed by atoms with Gasteiger partial charge in [0.1, 0.15) is 0 Å². The molecule has 0 aliphatic carbocycles. The van der Waals surface area contributed by atoms with E-state index in [1.54, 1.807) is 31.3 Å². The Labute approximate surface area is 135 Å². The van der Waals surface area contributed by atoms with Crippen molar-refractivity contribution in [3.63, 3.8) is 0 Å². The lowest BCUT2D eigenvalue weighted by Gasteiger charge is -2.16. The molecule has 23 heavy (non-hydrogen) atoms. The van der Waals surface area contributed by atoms with E-state index >= 15 is 0 Å². The molecule has 2 aromatic rings. The summed E-state index contributed by atoms with van der Waals surface area (Å²) < 4.78 is 12.2. The lowest BCUT2D eigenvalue weighted by molar-refractivity contribution is 0.249.